The van der Waals surface area contributed by atoms with Gasteiger partial charge in [-0.1, -0.05) is 12.8 Å². The van der Waals surface area contributed by atoms with E-state index in [-0.39, 0.29) is 12.1 Å². The monoisotopic (exact) mass is 265 g/mol. The van der Waals surface area contributed by atoms with Crippen LogP contribution in [0, 0.1) is 0 Å². The van der Waals surface area contributed by atoms with Gasteiger partial charge in [-0.2, -0.15) is 0 Å². The van der Waals surface area contributed by atoms with E-state index in [0.717, 1.165) is 29.9 Å². The molecule has 1 fully saturated rings. The maximum absolute atomic E-state index is 9.60. The minimum Gasteiger partial charge on any atom is -0.497 e. The molecule has 0 bridgehead atoms. The molecule has 0 atom stereocenters. The second-order valence-corrected chi connectivity index (χ2v) is 5.18. The number of aliphatic hydroxyl groups is 1. The van der Waals surface area contributed by atoms with Crippen LogP contribution in [0.3, 0.4) is 0 Å². The topological polar surface area (TPSA) is 50.7 Å². The zero-order chi connectivity index (χ0) is 13.7. The predicted molar refractivity (Wildman–Crippen MR) is 74.7 cm³/mol. The number of nitrogens with one attached hydrogen (secondary N) is 1. The van der Waals surface area contributed by atoms with Gasteiger partial charge < -0.3 is 19.9 Å². The Kier molecular flexibility index (Phi) is 4.66. The number of rotatable bonds is 6. The highest BCUT2D eigenvalue weighted by molar-refractivity contribution is 5.40. The quantitative estimate of drug-likeness (QED) is 0.827. The SMILES string of the molecule is COc1ccc(OC)c(CNC2(CO)CCCC2)c1. The molecule has 2 N–H and O–H groups in total. The number of hydrogen-bond donors (Lipinski definition) is 2. The van der Waals surface area contributed by atoms with E-state index in [9.17, 15) is 5.11 Å². The number of ether oxygens (including phenoxy) is 2. The molecule has 4 nitrogen and oxygen atoms in total. The molecule has 0 saturated heterocycles. The van der Waals surface area contributed by atoms with E-state index in [4.69, 9.17) is 9.47 Å². The minimum absolute atomic E-state index is 0.117. The number of hydrogen-bond acceptors (Lipinski definition) is 4. The molecular formula is C15H23NO3. The van der Waals surface area contributed by atoms with Crippen LogP contribution in [0.2, 0.25) is 0 Å². The fraction of sp³-hybridized carbons (Fsp3) is 0.600. The molecular weight excluding hydrogens is 242 g/mol. The van der Waals surface area contributed by atoms with E-state index in [0.29, 0.717) is 6.54 Å². The van der Waals surface area contributed by atoms with Crippen molar-refractivity contribution < 1.29 is 14.6 Å². The first-order valence-corrected chi connectivity index (χ1v) is 6.80. The maximum atomic E-state index is 9.60. The molecule has 4 heteroatoms. The van der Waals surface area contributed by atoms with Crippen LogP contribution >= 0.6 is 0 Å². The lowest BCUT2D eigenvalue weighted by molar-refractivity contribution is 0.162. The van der Waals surface area contributed by atoms with Crippen molar-refractivity contribution in [3.05, 3.63) is 23.8 Å². The minimum atomic E-state index is -0.117. The first kappa shape index (κ1) is 14.2. The van der Waals surface area contributed by atoms with Crippen molar-refractivity contribution in [3.63, 3.8) is 0 Å². The summed E-state index contributed by atoms with van der Waals surface area (Å²) in [5.74, 6) is 1.67. The van der Waals surface area contributed by atoms with Crippen LogP contribution in [0.15, 0.2) is 18.2 Å². The van der Waals surface area contributed by atoms with Crippen molar-refractivity contribution in [1.82, 2.24) is 5.32 Å². The average molecular weight is 265 g/mol. The number of methoxy groups -OCH3 is 2. The Morgan fingerprint density at radius 1 is 1.21 bits per heavy atom. The predicted octanol–water partition coefficient (Wildman–Crippen LogP) is 2.10. The Bertz CT molecular complexity index is 414. The summed E-state index contributed by atoms with van der Waals surface area (Å²) in [6.07, 6.45) is 4.44. The van der Waals surface area contributed by atoms with Gasteiger partial charge in [0.1, 0.15) is 11.5 Å². The van der Waals surface area contributed by atoms with Gasteiger partial charge in [-0.05, 0) is 31.0 Å². The molecule has 0 amide bonds. The molecule has 1 aromatic rings. The molecule has 0 unspecified atom stereocenters. The Labute approximate surface area is 114 Å². The molecule has 1 aliphatic carbocycles. The summed E-state index contributed by atoms with van der Waals surface area (Å²) in [6.45, 7) is 0.875. The molecule has 1 saturated carbocycles. The van der Waals surface area contributed by atoms with Crippen LogP contribution in [0.1, 0.15) is 31.2 Å². The van der Waals surface area contributed by atoms with Crippen molar-refractivity contribution in [2.24, 2.45) is 0 Å². The molecule has 1 aromatic carbocycles. The van der Waals surface area contributed by atoms with E-state index < -0.39 is 0 Å². The van der Waals surface area contributed by atoms with Crippen molar-refractivity contribution >= 4 is 0 Å². The third-order valence-electron chi connectivity index (χ3n) is 4.00. The normalized spacial score (nSPS) is 17.4. The Hall–Kier alpha value is -1.26. The van der Waals surface area contributed by atoms with Gasteiger partial charge in [0.05, 0.1) is 20.8 Å². The van der Waals surface area contributed by atoms with Crippen LogP contribution in [0.5, 0.6) is 11.5 Å². The molecule has 19 heavy (non-hydrogen) atoms. The number of aliphatic hydroxyl groups excluding tert-OH is 1. The van der Waals surface area contributed by atoms with E-state index >= 15 is 0 Å². The van der Waals surface area contributed by atoms with Crippen LogP contribution in [-0.2, 0) is 6.54 Å². The van der Waals surface area contributed by atoms with E-state index in [1.807, 2.05) is 18.2 Å². The summed E-state index contributed by atoms with van der Waals surface area (Å²) in [4.78, 5) is 0. The van der Waals surface area contributed by atoms with Crippen LogP contribution in [-0.4, -0.2) is 31.5 Å². The summed E-state index contributed by atoms with van der Waals surface area (Å²) < 4.78 is 10.6. The Morgan fingerprint density at radius 3 is 2.53 bits per heavy atom. The highest BCUT2D eigenvalue weighted by Gasteiger charge is 2.32. The fourth-order valence-corrected chi connectivity index (χ4v) is 2.75. The van der Waals surface area contributed by atoms with Crippen molar-refractivity contribution in [2.45, 2.75) is 37.8 Å². The zero-order valence-electron chi connectivity index (χ0n) is 11.7. The molecule has 2 rings (SSSR count). The zero-order valence-corrected chi connectivity index (χ0v) is 11.7. The highest BCUT2D eigenvalue weighted by atomic mass is 16.5. The second kappa shape index (κ2) is 6.26. The van der Waals surface area contributed by atoms with Gasteiger partial charge in [-0.15, -0.1) is 0 Å². The number of benzene rings is 1. The molecule has 1 aliphatic rings. The first-order valence-electron chi connectivity index (χ1n) is 6.80. The van der Waals surface area contributed by atoms with Gasteiger partial charge in [0.25, 0.3) is 0 Å². The van der Waals surface area contributed by atoms with Crippen molar-refractivity contribution in [1.29, 1.82) is 0 Å². The van der Waals surface area contributed by atoms with Crippen LogP contribution in [0.25, 0.3) is 0 Å². The first-order chi connectivity index (χ1) is 9.23. The standard InChI is InChI=1S/C15H23NO3/c1-18-13-5-6-14(19-2)12(9-13)10-16-15(11-17)7-3-4-8-15/h5-6,9,16-17H,3-4,7-8,10-11H2,1-2H3. The third-order valence-corrected chi connectivity index (χ3v) is 4.00. The van der Waals surface area contributed by atoms with E-state index in [2.05, 4.69) is 5.32 Å². The summed E-state index contributed by atoms with van der Waals surface area (Å²) in [7, 11) is 3.33. The smallest absolute Gasteiger partial charge is 0.123 e. The summed E-state index contributed by atoms with van der Waals surface area (Å²) in [5.41, 5.74) is 0.940. The van der Waals surface area contributed by atoms with Crippen LogP contribution in [0.4, 0.5) is 0 Å². The van der Waals surface area contributed by atoms with Gasteiger partial charge in [0, 0.05) is 17.6 Å². The summed E-state index contributed by atoms with van der Waals surface area (Å²) in [5, 5.41) is 13.1. The largest absolute Gasteiger partial charge is 0.497 e. The molecule has 106 valence electrons. The van der Waals surface area contributed by atoms with E-state index in [1.165, 1.54) is 12.8 Å². The lowest BCUT2D eigenvalue weighted by Crippen LogP contribution is -2.45. The Morgan fingerprint density at radius 2 is 1.95 bits per heavy atom. The third kappa shape index (κ3) is 3.19. The summed E-state index contributed by atoms with van der Waals surface area (Å²) in [6, 6.07) is 5.78. The maximum Gasteiger partial charge on any atom is 0.123 e. The molecule has 0 radical (unpaired) electrons. The van der Waals surface area contributed by atoms with Gasteiger partial charge in [-0.25, -0.2) is 0 Å². The highest BCUT2D eigenvalue weighted by Crippen LogP contribution is 2.31. The average Bonchev–Trinajstić information content (AvgIpc) is 2.94. The summed E-state index contributed by atoms with van der Waals surface area (Å²) >= 11 is 0. The molecule has 0 heterocycles. The van der Waals surface area contributed by atoms with Crippen LogP contribution < -0.4 is 14.8 Å². The van der Waals surface area contributed by atoms with Gasteiger partial charge in [-0.3, -0.25) is 0 Å². The molecule has 0 spiro atoms. The lowest BCUT2D eigenvalue weighted by Gasteiger charge is -2.28. The van der Waals surface area contributed by atoms with Gasteiger partial charge in [0.2, 0.25) is 0 Å². The Balaban J connectivity index is 2.09. The van der Waals surface area contributed by atoms with Gasteiger partial charge >= 0.3 is 0 Å². The van der Waals surface area contributed by atoms with Crippen molar-refractivity contribution in [3.8, 4) is 11.5 Å². The molecule has 0 aromatic heterocycles. The molecule has 0 aliphatic heterocycles. The lowest BCUT2D eigenvalue weighted by atomic mass is 9.98. The van der Waals surface area contributed by atoms with Crippen molar-refractivity contribution in [2.75, 3.05) is 20.8 Å². The van der Waals surface area contributed by atoms with Gasteiger partial charge in [0.15, 0.2) is 0 Å². The van der Waals surface area contributed by atoms with E-state index in [1.54, 1.807) is 14.2 Å². The fourth-order valence-electron chi connectivity index (χ4n) is 2.75. The second-order valence-electron chi connectivity index (χ2n) is 5.18.